The van der Waals surface area contributed by atoms with E-state index in [-0.39, 0.29) is 0 Å². The fraction of sp³-hybridized carbons (Fsp3) is 0.300. The van der Waals surface area contributed by atoms with Crippen molar-refractivity contribution in [1.82, 2.24) is 5.32 Å². The molecule has 0 atom stereocenters. The minimum absolute atomic E-state index is 0.336. The third-order valence-electron chi connectivity index (χ3n) is 1.80. The predicted molar refractivity (Wildman–Crippen MR) is 55.8 cm³/mol. The van der Waals surface area contributed by atoms with Crippen molar-refractivity contribution in [3.05, 3.63) is 28.8 Å². The fourth-order valence-electron chi connectivity index (χ4n) is 1.06. The van der Waals surface area contributed by atoms with Gasteiger partial charge in [-0.25, -0.2) is 0 Å². The van der Waals surface area contributed by atoms with Gasteiger partial charge in [-0.05, 0) is 17.7 Å². The van der Waals surface area contributed by atoms with Crippen LogP contribution in [0.25, 0.3) is 0 Å². The molecule has 14 heavy (non-hydrogen) atoms. The predicted octanol–water partition coefficient (Wildman–Crippen LogP) is 1.64. The largest absolute Gasteiger partial charge is 0.497 e. The smallest absolute Gasteiger partial charge is 0.133 e. The third kappa shape index (κ3) is 3.01. The van der Waals surface area contributed by atoms with Gasteiger partial charge in [0, 0.05) is 11.6 Å². The minimum atomic E-state index is 0.336. The molecule has 0 bridgehead atoms. The molecule has 0 heterocycles. The third-order valence-corrected chi connectivity index (χ3v) is 2.16. The number of hydrogen-bond donors (Lipinski definition) is 1. The number of nitrogens with one attached hydrogen (secondary N) is 1. The van der Waals surface area contributed by atoms with E-state index in [4.69, 9.17) is 16.3 Å². The highest BCUT2D eigenvalue weighted by atomic mass is 35.5. The molecule has 1 rings (SSSR count). The highest BCUT2D eigenvalue weighted by Gasteiger charge is 2.01. The zero-order valence-corrected chi connectivity index (χ0v) is 8.67. The SMILES string of the molecule is COc1ccc(CNCC=O)c(Cl)c1. The van der Waals surface area contributed by atoms with Crippen LogP contribution in [0.15, 0.2) is 18.2 Å². The van der Waals surface area contributed by atoms with Crippen molar-refractivity contribution in [3.63, 3.8) is 0 Å². The monoisotopic (exact) mass is 213 g/mol. The van der Waals surface area contributed by atoms with E-state index in [1.807, 2.05) is 12.1 Å². The number of benzene rings is 1. The van der Waals surface area contributed by atoms with E-state index in [0.717, 1.165) is 17.6 Å². The topological polar surface area (TPSA) is 38.3 Å². The van der Waals surface area contributed by atoms with Crippen molar-refractivity contribution in [1.29, 1.82) is 0 Å². The van der Waals surface area contributed by atoms with E-state index in [0.29, 0.717) is 18.1 Å². The first-order valence-corrected chi connectivity index (χ1v) is 4.62. The van der Waals surface area contributed by atoms with E-state index < -0.39 is 0 Å². The average molecular weight is 214 g/mol. The van der Waals surface area contributed by atoms with Crippen molar-refractivity contribution in [2.45, 2.75) is 6.54 Å². The lowest BCUT2D eigenvalue weighted by atomic mass is 10.2. The maximum atomic E-state index is 10.1. The summed E-state index contributed by atoms with van der Waals surface area (Å²) < 4.78 is 5.01. The molecular formula is C10H12ClNO2. The van der Waals surface area contributed by atoms with E-state index in [9.17, 15) is 4.79 Å². The van der Waals surface area contributed by atoms with E-state index >= 15 is 0 Å². The van der Waals surface area contributed by atoms with Crippen LogP contribution in [0.3, 0.4) is 0 Å². The zero-order valence-electron chi connectivity index (χ0n) is 7.92. The van der Waals surface area contributed by atoms with Crippen LogP contribution in [0.1, 0.15) is 5.56 Å². The van der Waals surface area contributed by atoms with Gasteiger partial charge in [0.25, 0.3) is 0 Å². The quantitative estimate of drug-likeness (QED) is 0.597. The molecule has 0 fully saturated rings. The Labute approximate surface area is 88.0 Å². The minimum Gasteiger partial charge on any atom is -0.497 e. The second-order valence-corrected chi connectivity index (χ2v) is 3.16. The molecule has 0 spiro atoms. The lowest BCUT2D eigenvalue weighted by molar-refractivity contribution is -0.107. The Balaban J connectivity index is 2.63. The molecule has 0 aliphatic heterocycles. The Bertz CT molecular complexity index is 315. The van der Waals surface area contributed by atoms with Crippen molar-refractivity contribution in [2.75, 3.05) is 13.7 Å². The number of ether oxygens (including phenoxy) is 1. The highest BCUT2D eigenvalue weighted by Crippen LogP contribution is 2.21. The molecule has 0 aliphatic carbocycles. The van der Waals surface area contributed by atoms with E-state index in [1.165, 1.54) is 0 Å². The van der Waals surface area contributed by atoms with Crippen LogP contribution < -0.4 is 10.1 Å². The van der Waals surface area contributed by atoms with E-state index in [1.54, 1.807) is 13.2 Å². The first-order chi connectivity index (χ1) is 6.77. The zero-order chi connectivity index (χ0) is 10.4. The highest BCUT2D eigenvalue weighted by molar-refractivity contribution is 6.31. The number of methoxy groups -OCH3 is 1. The number of carbonyl (C=O) groups excluding carboxylic acids is 1. The number of carbonyl (C=O) groups is 1. The van der Waals surface area contributed by atoms with Gasteiger partial charge in [-0.3, -0.25) is 0 Å². The molecule has 4 heteroatoms. The molecule has 3 nitrogen and oxygen atoms in total. The second kappa shape index (κ2) is 5.62. The molecule has 0 aromatic heterocycles. The van der Waals surface area contributed by atoms with Gasteiger partial charge in [0.2, 0.25) is 0 Å². The molecule has 0 saturated heterocycles. The lowest BCUT2D eigenvalue weighted by Crippen LogP contribution is -2.15. The maximum absolute atomic E-state index is 10.1. The first-order valence-electron chi connectivity index (χ1n) is 4.24. The Morgan fingerprint density at radius 3 is 2.93 bits per heavy atom. The van der Waals surface area contributed by atoms with Gasteiger partial charge in [0.15, 0.2) is 0 Å². The van der Waals surface area contributed by atoms with E-state index in [2.05, 4.69) is 5.32 Å². The summed E-state index contributed by atoms with van der Waals surface area (Å²) in [7, 11) is 1.59. The summed E-state index contributed by atoms with van der Waals surface area (Å²) in [5, 5.41) is 3.58. The molecule has 0 amide bonds. The summed E-state index contributed by atoms with van der Waals surface area (Å²) in [6.45, 7) is 0.921. The van der Waals surface area contributed by atoms with Crippen LogP contribution in [0, 0.1) is 0 Å². The second-order valence-electron chi connectivity index (χ2n) is 2.75. The van der Waals surface area contributed by atoms with Crippen molar-refractivity contribution in [3.8, 4) is 5.75 Å². The Morgan fingerprint density at radius 2 is 2.36 bits per heavy atom. The van der Waals surface area contributed by atoms with Crippen LogP contribution in [-0.4, -0.2) is 19.9 Å². The van der Waals surface area contributed by atoms with Gasteiger partial charge in [0.05, 0.1) is 13.7 Å². The van der Waals surface area contributed by atoms with Crippen LogP contribution in [0.5, 0.6) is 5.75 Å². The summed E-state index contributed by atoms with van der Waals surface area (Å²) in [5.41, 5.74) is 0.953. The molecule has 1 N–H and O–H groups in total. The van der Waals surface area contributed by atoms with Gasteiger partial charge in [-0.15, -0.1) is 0 Å². The average Bonchev–Trinajstić information content (AvgIpc) is 2.20. The molecule has 0 unspecified atom stereocenters. The van der Waals surface area contributed by atoms with Gasteiger partial charge < -0.3 is 14.8 Å². The number of hydrogen-bond acceptors (Lipinski definition) is 3. The molecule has 1 aromatic rings. The molecule has 76 valence electrons. The Morgan fingerprint density at radius 1 is 1.57 bits per heavy atom. The van der Waals surface area contributed by atoms with Crippen molar-refractivity contribution in [2.24, 2.45) is 0 Å². The van der Waals surface area contributed by atoms with Gasteiger partial charge in [0.1, 0.15) is 12.0 Å². The van der Waals surface area contributed by atoms with Gasteiger partial charge in [-0.1, -0.05) is 17.7 Å². The molecule has 0 aliphatic rings. The lowest BCUT2D eigenvalue weighted by Gasteiger charge is -2.06. The summed E-state index contributed by atoms with van der Waals surface area (Å²) in [6.07, 6.45) is 0.817. The van der Waals surface area contributed by atoms with Crippen LogP contribution >= 0.6 is 11.6 Å². The molecule has 1 aromatic carbocycles. The summed E-state index contributed by atoms with van der Waals surface area (Å²) in [4.78, 5) is 10.1. The van der Waals surface area contributed by atoms with Crippen molar-refractivity contribution < 1.29 is 9.53 Å². The molecular weight excluding hydrogens is 202 g/mol. The number of halogens is 1. The Kier molecular flexibility index (Phi) is 4.43. The number of aldehydes is 1. The normalized spacial score (nSPS) is 9.86. The van der Waals surface area contributed by atoms with Crippen LogP contribution in [0.4, 0.5) is 0 Å². The van der Waals surface area contributed by atoms with Crippen LogP contribution in [0.2, 0.25) is 5.02 Å². The first kappa shape index (κ1) is 11.0. The standard InChI is InChI=1S/C10H12ClNO2/c1-14-9-3-2-8(10(11)6-9)7-12-4-5-13/h2-3,5-6,12H,4,7H2,1H3. The summed E-state index contributed by atoms with van der Waals surface area (Å²) in [5.74, 6) is 0.731. The summed E-state index contributed by atoms with van der Waals surface area (Å²) >= 11 is 5.98. The molecule has 0 radical (unpaired) electrons. The fourth-order valence-corrected chi connectivity index (χ4v) is 1.30. The Hall–Kier alpha value is -1.06. The maximum Gasteiger partial charge on any atom is 0.133 e. The van der Waals surface area contributed by atoms with Gasteiger partial charge in [-0.2, -0.15) is 0 Å². The summed E-state index contributed by atoms with van der Waals surface area (Å²) in [6, 6.07) is 5.46. The van der Waals surface area contributed by atoms with Crippen LogP contribution in [-0.2, 0) is 11.3 Å². The molecule has 0 saturated carbocycles. The van der Waals surface area contributed by atoms with Crippen molar-refractivity contribution >= 4 is 17.9 Å². The van der Waals surface area contributed by atoms with Gasteiger partial charge >= 0.3 is 0 Å². The number of rotatable bonds is 5.